The first-order chi connectivity index (χ1) is 13.6. The zero-order chi connectivity index (χ0) is 19.5. The molecule has 0 spiro atoms. The number of benzene rings is 1. The van der Waals surface area contributed by atoms with Gasteiger partial charge in [-0.2, -0.15) is 0 Å². The van der Waals surface area contributed by atoms with Crippen molar-refractivity contribution in [1.82, 2.24) is 10.1 Å². The van der Waals surface area contributed by atoms with Gasteiger partial charge in [0.05, 0.1) is 17.1 Å². The molecule has 2 aromatic rings. The van der Waals surface area contributed by atoms with Gasteiger partial charge in [-0.1, -0.05) is 36.0 Å². The van der Waals surface area contributed by atoms with Crippen LogP contribution in [0.5, 0.6) is 0 Å². The number of fused-ring (bicyclic) bond motifs is 1. The predicted octanol–water partition coefficient (Wildman–Crippen LogP) is 5.22. The normalized spacial score (nSPS) is 17.2. The van der Waals surface area contributed by atoms with Gasteiger partial charge >= 0.3 is 0 Å². The standard InChI is InChI=1S/C22H28ClN3O2/c1-26(16-7-3-2-4-8-16)22(27)17-12-11-15(13-19(17)23)24-14-20-18-9-5-6-10-21(18)28-25-20/h11-13,16,24H,2-10,14H2,1H3. The van der Waals surface area contributed by atoms with Crippen LogP contribution in [0.3, 0.4) is 0 Å². The lowest BCUT2D eigenvalue weighted by Crippen LogP contribution is -2.38. The van der Waals surface area contributed by atoms with E-state index in [1.165, 1.54) is 37.7 Å². The highest BCUT2D eigenvalue weighted by Crippen LogP contribution is 2.28. The second kappa shape index (κ2) is 8.56. The molecule has 2 aliphatic carbocycles. The molecule has 6 heteroatoms. The molecule has 28 heavy (non-hydrogen) atoms. The first kappa shape index (κ1) is 19.3. The SMILES string of the molecule is CN(C(=O)c1ccc(NCc2noc3c2CCCC3)cc1Cl)C1CCCCC1. The number of hydrogen-bond donors (Lipinski definition) is 1. The van der Waals surface area contributed by atoms with Gasteiger partial charge in [-0.3, -0.25) is 4.79 Å². The largest absolute Gasteiger partial charge is 0.379 e. The zero-order valence-corrected chi connectivity index (χ0v) is 17.2. The quantitative estimate of drug-likeness (QED) is 0.745. The summed E-state index contributed by atoms with van der Waals surface area (Å²) in [6.45, 7) is 0.602. The van der Waals surface area contributed by atoms with Gasteiger partial charge in [0.25, 0.3) is 5.91 Å². The number of carbonyl (C=O) groups is 1. The Morgan fingerprint density at radius 2 is 2.00 bits per heavy atom. The summed E-state index contributed by atoms with van der Waals surface area (Å²) in [5.41, 5.74) is 3.68. The smallest absolute Gasteiger partial charge is 0.255 e. The van der Waals surface area contributed by atoms with Crippen LogP contribution >= 0.6 is 11.6 Å². The number of halogens is 1. The summed E-state index contributed by atoms with van der Waals surface area (Å²) in [5, 5.41) is 8.08. The lowest BCUT2D eigenvalue weighted by Gasteiger charge is -2.31. The van der Waals surface area contributed by atoms with Crippen molar-refractivity contribution in [2.24, 2.45) is 0 Å². The third-order valence-corrected chi connectivity index (χ3v) is 6.45. The first-order valence-electron chi connectivity index (χ1n) is 10.4. The molecule has 1 N–H and O–H groups in total. The van der Waals surface area contributed by atoms with E-state index in [2.05, 4.69) is 10.5 Å². The molecule has 0 unspecified atom stereocenters. The van der Waals surface area contributed by atoms with Gasteiger partial charge in [0.2, 0.25) is 0 Å². The maximum atomic E-state index is 12.9. The second-order valence-corrected chi connectivity index (χ2v) is 8.40. The van der Waals surface area contributed by atoms with Crippen molar-refractivity contribution in [3.8, 4) is 0 Å². The molecule has 150 valence electrons. The number of aromatic nitrogens is 1. The van der Waals surface area contributed by atoms with Gasteiger partial charge < -0.3 is 14.7 Å². The third-order valence-electron chi connectivity index (χ3n) is 6.13. The molecule has 1 aromatic heterocycles. The Morgan fingerprint density at radius 3 is 2.79 bits per heavy atom. The molecular formula is C22H28ClN3O2. The highest BCUT2D eigenvalue weighted by Gasteiger charge is 2.24. The van der Waals surface area contributed by atoms with Crippen LogP contribution < -0.4 is 5.32 Å². The number of carbonyl (C=O) groups excluding carboxylic acids is 1. The van der Waals surface area contributed by atoms with Crippen LogP contribution in [0.1, 0.15) is 72.3 Å². The third kappa shape index (κ3) is 4.04. The molecule has 0 atom stereocenters. The van der Waals surface area contributed by atoms with E-state index in [0.717, 1.165) is 42.8 Å². The zero-order valence-electron chi connectivity index (χ0n) is 16.5. The summed E-state index contributed by atoms with van der Waals surface area (Å²) in [6.07, 6.45) is 10.2. The topological polar surface area (TPSA) is 58.4 Å². The first-order valence-corrected chi connectivity index (χ1v) is 10.8. The predicted molar refractivity (Wildman–Crippen MR) is 111 cm³/mol. The Balaban J connectivity index is 1.41. The monoisotopic (exact) mass is 401 g/mol. The molecule has 2 aliphatic rings. The number of hydrogen-bond acceptors (Lipinski definition) is 4. The molecule has 0 aliphatic heterocycles. The molecule has 0 bridgehead atoms. The molecule has 0 radical (unpaired) electrons. The van der Waals surface area contributed by atoms with Crippen LogP contribution in [0.15, 0.2) is 22.7 Å². The van der Waals surface area contributed by atoms with E-state index in [-0.39, 0.29) is 5.91 Å². The maximum absolute atomic E-state index is 12.9. The van der Waals surface area contributed by atoms with E-state index < -0.39 is 0 Å². The van der Waals surface area contributed by atoms with Gasteiger partial charge in [0.1, 0.15) is 11.5 Å². The number of nitrogens with one attached hydrogen (secondary N) is 1. The minimum Gasteiger partial charge on any atom is -0.379 e. The number of nitrogens with zero attached hydrogens (tertiary/aromatic N) is 2. The Labute approximate surface area is 171 Å². The van der Waals surface area contributed by atoms with Crippen molar-refractivity contribution < 1.29 is 9.32 Å². The summed E-state index contributed by atoms with van der Waals surface area (Å²) in [6, 6.07) is 5.90. The van der Waals surface area contributed by atoms with E-state index in [0.29, 0.717) is 23.2 Å². The number of anilines is 1. The highest BCUT2D eigenvalue weighted by molar-refractivity contribution is 6.34. The molecule has 1 heterocycles. The van der Waals surface area contributed by atoms with Gasteiger partial charge in [-0.15, -0.1) is 0 Å². The van der Waals surface area contributed by atoms with E-state index in [9.17, 15) is 4.79 Å². The fourth-order valence-electron chi connectivity index (χ4n) is 4.40. The number of amides is 1. The minimum atomic E-state index is 0.00835. The maximum Gasteiger partial charge on any atom is 0.255 e. The molecular weight excluding hydrogens is 374 g/mol. The Bertz CT molecular complexity index is 842. The highest BCUT2D eigenvalue weighted by atomic mass is 35.5. The van der Waals surface area contributed by atoms with Gasteiger partial charge in [-0.05, 0) is 50.3 Å². The van der Waals surface area contributed by atoms with Gasteiger partial charge in [0, 0.05) is 30.8 Å². The lowest BCUT2D eigenvalue weighted by molar-refractivity contribution is 0.0696. The van der Waals surface area contributed by atoms with Crippen LogP contribution in [0.4, 0.5) is 5.69 Å². The van der Waals surface area contributed by atoms with Crippen LogP contribution in [0.2, 0.25) is 5.02 Å². The number of rotatable bonds is 5. The van der Waals surface area contributed by atoms with Crippen molar-refractivity contribution in [2.75, 3.05) is 12.4 Å². The van der Waals surface area contributed by atoms with Crippen molar-refractivity contribution in [1.29, 1.82) is 0 Å². The molecule has 0 saturated heterocycles. The second-order valence-electron chi connectivity index (χ2n) is 7.99. The van der Waals surface area contributed by atoms with E-state index in [1.54, 1.807) is 0 Å². The molecule has 1 amide bonds. The van der Waals surface area contributed by atoms with Crippen molar-refractivity contribution in [2.45, 2.75) is 70.4 Å². The minimum absolute atomic E-state index is 0.00835. The molecule has 4 rings (SSSR count). The molecule has 1 fully saturated rings. The van der Waals surface area contributed by atoms with E-state index >= 15 is 0 Å². The van der Waals surface area contributed by atoms with Crippen molar-refractivity contribution in [3.05, 3.63) is 45.8 Å². The fourth-order valence-corrected chi connectivity index (χ4v) is 4.66. The van der Waals surface area contributed by atoms with Crippen molar-refractivity contribution >= 4 is 23.2 Å². The van der Waals surface area contributed by atoms with E-state index in [1.807, 2.05) is 30.1 Å². The van der Waals surface area contributed by atoms with Crippen LogP contribution in [-0.2, 0) is 19.4 Å². The Kier molecular flexibility index (Phi) is 5.90. The lowest BCUT2D eigenvalue weighted by atomic mass is 9.94. The summed E-state index contributed by atoms with van der Waals surface area (Å²) in [7, 11) is 1.90. The van der Waals surface area contributed by atoms with E-state index in [4.69, 9.17) is 16.1 Å². The van der Waals surface area contributed by atoms with Crippen molar-refractivity contribution in [3.63, 3.8) is 0 Å². The van der Waals surface area contributed by atoms with Crippen LogP contribution in [0.25, 0.3) is 0 Å². The summed E-state index contributed by atoms with van der Waals surface area (Å²) in [4.78, 5) is 14.8. The van der Waals surface area contributed by atoms with Crippen LogP contribution in [0, 0.1) is 0 Å². The molecule has 5 nitrogen and oxygen atoms in total. The average molecular weight is 402 g/mol. The number of aryl methyl sites for hydroxylation is 1. The summed E-state index contributed by atoms with van der Waals surface area (Å²) < 4.78 is 5.47. The fraction of sp³-hybridized carbons (Fsp3) is 0.545. The molecule has 1 aromatic carbocycles. The molecule has 1 saturated carbocycles. The van der Waals surface area contributed by atoms with Gasteiger partial charge in [-0.25, -0.2) is 0 Å². The van der Waals surface area contributed by atoms with Gasteiger partial charge in [0.15, 0.2) is 0 Å². The van der Waals surface area contributed by atoms with Crippen LogP contribution in [-0.4, -0.2) is 29.1 Å². The summed E-state index contributed by atoms with van der Waals surface area (Å²) in [5.74, 6) is 1.04. The average Bonchev–Trinajstić information content (AvgIpc) is 3.15. The Morgan fingerprint density at radius 1 is 1.21 bits per heavy atom. The Hall–Kier alpha value is -2.01. The summed E-state index contributed by atoms with van der Waals surface area (Å²) >= 11 is 6.46.